The Balaban J connectivity index is 2.10. The molecule has 0 aromatic heterocycles. The first-order chi connectivity index (χ1) is 11.9. The van der Waals surface area contributed by atoms with Crippen LogP contribution in [0.1, 0.15) is 5.56 Å². The van der Waals surface area contributed by atoms with Crippen molar-refractivity contribution < 1.29 is 17.9 Å². The molecule has 2 rings (SSSR count). The molecule has 25 heavy (non-hydrogen) atoms. The average Bonchev–Trinajstić information content (AvgIpc) is 2.61. The van der Waals surface area contributed by atoms with Gasteiger partial charge in [0.25, 0.3) is 0 Å². The number of halogens is 1. The normalized spacial score (nSPS) is 11.4. The van der Waals surface area contributed by atoms with Crippen LogP contribution in [0.2, 0.25) is 5.02 Å². The number of hydrogen-bond donors (Lipinski definition) is 1. The molecular formula is C17H20ClNO4S2. The lowest BCUT2D eigenvalue weighted by molar-refractivity contribution is 0.354. The first kappa shape index (κ1) is 19.9. The number of sulfonamides is 1. The fraction of sp³-hybridized carbons (Fsp3) is 0.294. The monoisotopic (exact) mass is 401 g/mol. The van der Waals surface area contributed by atoms with Gasteiger partial charge in [0.15, 0.2) is 11.5 Å². The van der Waals surface area contributed by atoms with Gasteiger partial charge in [0.05, 0.1) is 19.1 Å². The predicted molar refractivity (Wildman–Crippen MR) is 102 cm³/mol. The number of thioether (sulfide) groups is 1. The number of nitrogens with one attached hydrogen (secondary N) is 1. The number of rotatable bonds is 8. The van der Waals surface area contributed by atoms with Gasteiger partial charge >= 0.3 is 0 Å². The first-order valence-corrected chi connectivity index (χ1v) is 10.5. The van der Waals surface area contributed by atoms with Crippen LogP contribution < -0.4 is 14.2 Å². The van der Waals surface area contributed by atoms with Gasteiger partial charge in [0.1, 0.15) is 0 Å². The molecule has 8 heteroatoms. The van der Waals surface area contributed by atoms with Gasteiger partial charge in [-0.2, -0.15) is 0 Å². The van der Waals surface area contributed by atoms with Gasteiger partial charge in [0, 0.05) is 16.5 Å². The summed E-state index contributed by atoms with van der Waals surface area (Å²) in [6, 6.07) is 10.4. The van der Waals surface area contributed by atoms with Crippen LogP contribution in [0.25, 0.3) is 0 Å². The van der Waals surface area contributed by atoms with Crippen LogP contribution >= 0.6 is 23.4 Å². The molecule has 0 aliphatic heterocycles. The highest BCUT2D eigenvalue weighted by atomic mass is 35.5. The maximum atomic E-state index is 12.6. The summed E-state index contributed by atoms with van der Waals surface area (Å²) in [4.78, 5) is 0.850. The van der Waals surface area contributed by atoms with Crippen molar-refractivity contribution >= 4 is 33.4 Å². The summed E-state index contributed by atoms with van der Waals surface area (Å²) >= 11 is 7.31. The van der Waals surface area contributed by atoms with Crippen LogP contribution in [0.5, 0.6) is 11.5 Å². The molecule has 0 aliphatic rings. The second-order valence-electron chi connectivity index (χ2n) is 5.13. The number of ether oxygens (including phenoxy) is 2. The molecule has 0 aliphatic carbocycles. The van der Waals surface area contributed by atoms with Gasteiger partial charge in [0.2, 0.25) is 10.0 Å². The third-order valence-electron chi connectivity index (χ3n) is 3.57. The minimum atomic E-state index is -3.64. The van der Waals surface area contributed by atoms with Crippen molar-refractivity contribution in [3.8, 4) is 11.5 Å². The van der Waals surface area contributed by atoms with E-state index in [1.54, 1.807) is 32.4 Å². The van der Waals surface area contributed by atoms with Gasteiger partial charge in [-0.15, -0.1) is 11.8 Å². The Kier molecular flexibility index (Phi) is 7.01. The molecule has 136 valence electrons. The summed E-state index contributed by atoms with van der Waals surface area (Å²) < 4.78 is 38.2. The third kappa shape index (κ3) is 5.04. The van der Waals surface area contributed by atoms with Crippen molar-refractivity contribution in [2.45, 2.75) is 16.2 Å². The van der Waals surface area contributed by atoms with E-state index in [4.69, 9.17) is 21.1 Å². The molecule has 0 radical (unpaired) electrons. The Bertz CT molecular complexity index is 841. The number of hydrogen-bond acceptors (Lipinski definition) is 5. The van der Waals surface area contributed by atoms with E-state index in [1.807, 2.05) is 18.4 Å². The molecule has 0 saturated heterocycles. The lowest BCUT2D eigenvalue weighted by Gasteiger charge is -2.12. The molecule has 0 amide bonds. The Morgan fingerprint density at radius 2 is 1.80 bits per heavy atom. The molecule has 2 aromatic carbocycles. The topological polar surface area (TPSA) is 64.6 Å². The van der Waals surface area contributed by atoms with Crippen molar-refractivity contribution in [3.63, 3.8) is 0 Å². The zero-order chi connectivity index (χ0) is 18.4. The predicted octanol–water partition coefficient (Wildman–Crippen LogP) is 3.60. The van der Waals surface area contributed by atoms with Crippen molar-refractivity contribution in [2.75, 3.05) is 27.0 Å². The smallest absolute Gasteiger partial charge is 0.241 e. The van der Waals surface area contributed by atoms with Gasteiger partial charge in [-0.3, -0.25) is 0 Å². The van der Waals surface area contributed by atoms with Crippen LogP contribution in [0.3, 0.4) is 0 Å². The maximum absolute atomic E-state index is 12.6. The van der Waals surface area contributed by atoms with Crippen molar-refractivity contribution in [2.24, 2.45) is 0 Å². The summed E-state index contributed by atoms with van der Waals surface area (Å²) in [5, 5.41) is 0.387. The maximum Gasteiger partial charge on any atom is 0.241 e. The third-order valence-corrected chi connectivity index (χ3v) is 6.23. The largest absolute Gasteiger partial charge is 0.493 e. The van der Waals surface area contributed by atoms with Crippen LogP contribution in [0, 0.1) is 0 Å². The Hall–Kier alpha value is -1.41. The molecule has 1 N–H and O–H groups in total. The second kappa shape index (κ2) is 8.80. The minimum absolute atomic E-state index is 0.194. The summed E-state index contributed by atoms with van der Waals surface area (Å²) in [5.41, 5.74) is 0.941. The minimum Gasteiger partial charge on any atom is -0.493 e. The standard InChI is InChI=1S/C17H20ClNO4S2/c1-22-14-6-4-12(10-15(14)23-2)8-9-19-25(20,21)17-11-13(18)5-7-16(17)24-3/h4-7,10-11,19H,8-9H2,1-3H3. The highest BCUT2D eigenvalue weighted by Gasteiger charge is 2.18. The molecule has 0 spiro atoms. The van der Waals surface area contributed by atoms with Crippen LogP contribution in [-0.4, -0.2) is 35.4 Å². The van der Waals surface area contributed by atoms with E-state index in [2.05, 4.69) is 4.72 Å². The number of benzene rings is 2. The summed E-state index contributed by atoms with van der Waals surface area (Å²) in [6.45, 7) is 0.262. The fourth-order valence-electron chi connectivity index (χ4n) is 2.30. The second-order valence-corrected chi connectivity index (χ2v) is 8.15. The molecule has 2 aromatic rings. The zero-order valence-electron chi connectivity index (χ0n) is 14.2. The Labute approximate surface area is 157 Å². The molecule has 0 saturated carbocycles. The lowest BCUT2D eigenvalue weighted by atomic mass is 10.1. The molecule has 5 nitrogen and oxygen atoms in total. The van der Waals surface area contributed by atoms with E-state index in [9.17, 15) is 8.42 Å². The summed E-state index contributed by atoms with van der Waals surface area (Å²) in [6.07, 6.45) is 2.35. The Morgan fingerprint density at radius 3 is 2.44 bits per heavy atom. The number of methoxy groups -OCH3 is 2. The van der Waals surface area contributed by atoms with E-state index in [1.165, 1.54) is 17.8 Å². The molecular weight excluding hydrogens is 382 g/mol. The first-order valence-electron chi connectivity index (χ1n) is 7.45. The van der Waals surface area contributed by atoms with Gasteiger partial charge < -0.3 is 9.47 Å². The molecule has 0 heterocycles. The van der Waals surface area contributed by atoms with Crippen LogP contribution in [0.4, 0.5) is 0 Å². The SMILES string of the molecule is COc1ccc(CCNS(=O)(=O)c2cc(Cl)ccc2SC)cc1OC. The van der Waals surface area contributed by atoms with Crippen LogP contribution in [-0.2, 0) is 16.4 Å². The van der Waals surface area contributed by atoms with E-state index in [-0.39, 0.29) is 11.4 Å². The fourth-order valence-corrected chi connectivity index (χ4v) is 4.73. The summed E-state index contributed by atoms with van der Waals surface area (Å²) in [5.74, 6) is 1.25. The Morgan fingerprint density at radius 1 is 1.08 bits per heavy atom. The average molecular weight is 402 g/mol. The van der Waals surface area contributed by atoms with Crippen LogP contribution in [0.15, 0.2) is 46.2 Å². The lowest BCUT2D eigenvalue weighted by Crippen LogP contribution is -2.26. The highest BCUT2D eigenvalue weighted by molar-refractivity contribution is 7.99. The molecule has 0 fully saturated rings. The molecule has 0 atom stereocenters. The van der Waals surface area contributed by atoms with E-state index in [0.717, 1.165) is 5.56 Å². The van der Waals surface area contributed by atoms with Gasteiger partial charge in [-0.05, 0) is 48.6 Å². The summed E-state index contributed by atoms with van der Waals surface area (Å²) in [7, 11) is -0.503. The van der Waals surface area contributed by atoms with Gasteiger partial charge in [-0.25, -0.2) is 13.1 Å². The quantitative estimate of drug-likeness (QED) is 0.684. The van der Waals surface area contributed by atoms with E-state index in [0.29, 0.717) is 27.8 Å². The van der Waals surface area contributed by atoms with E-state index < -0.39 is 10.0 Å². The van der Waals surface area contributed by atoms with Crippen molar-refractivity contribution in [3.05, 3.63) is 47.0 Å². The van der Waals surface area contributed by atoms with E-state index >= 15 is 0 Å². The molecule has 0 unspecified atom stereocenters. The highest BCUT2D eigenvalue weighted by Crippen LogP contribution is 2.29. The van der Waals surface area contributed by atoms with Gasteiger partial charge in [-0.1, -0.05) is 17.7 Å². The van der Waals surface area contributed by atoms with Crippen molar-refractivity contribution in [1.82, 2.24) is 4.72 Å². The van der Waals surface area contributed by atoms with Crippen molar-refractivity contribution in [1.29, 1.82) is 0 Å². The molecule has 0 bridgehead atoms. The zero-order valence-corrected chi connectivity index (χ0v) is 16.6.